The maximum atomic E-state index is 13.0. The zero-order chi connectivity index (χ0) is 21.8. The summed E-state index contributed by atoms with van der Waals surface area (Å²) in [5.41, 5.74) is 2.12. The number of anilines is 2. The summed E-state index contributed by atoms with van der Waals surface area (Å²) in [5.74, 6) is 0.859. The van der Waals surface area contributed by atoms with Crippen molar-refractivity contribution in [1.82, 2.24) is 19.7 Å². The van der Waals surface area contributed by atoms with Gasteiger partial charge in [0.05, 0.1) is 5.69 Å². The first-order chi connectivity index (χ1) is 15.0. The van der Waals surface area contributed by atoms with E-state index in [-0.39, 0.29) is 11.7 Å². The molecule has 1 aliphatic rings. The highest BCUT2D eigenvalue weighted by Gasteiger charge is 2.26. The average Bonchev–Trinajstić information content (AvgIpc) is 3.50. The van der Waals surface area contributed by atoms with Crippen molar-refractivity contribution in [3.05, 3.63) is 46.7 Å². The summed E-state index contributed by atoms with van der Waals surface area (Å²) in [6, 6.07) is 5.14. The van der Waals surface area contributed by atoms with E-state index in [0.717, 1.165) is 41.3 Å². The van der Waals surface area contributed by atoms with Crippen LogP contribution in [0.1, 0.15) is 46.5 Å². The highest BCUT2D eigenvalue weighted by Crippen LogP contribution is 2.31. The number of nitrogens with zero attached hydrogens (tertiary/aromatic N) is 4. The molecule has 3 aromatic rings. The fraction of sp³-hybridized carbons (Fsp3) is 0.381. The van der Waals surface area contributed by atoms with E-state index in [1.807, 2.05) is 30.7 Å². The number of carbonyl (C=O) groups is 2. The van der Waals surface area contributed by atoms with Gasteiger partial charge in [0.25, 0.3) is 0 Å². The summed E-state index contributed by atoms with van der Waals surface area (Å²) in [7, 11) is 1.89. The van der Waals surface area contributed by atoms with Crippen molar-refractivity contribution >= 4 is 45.7 Å². The summed E-state index contributed by atoms with van der Waals surface area (Å²) >= 11 is 2.96. The van der Waals surface area contributed by atoms with Crippen LogP contribution in [0, 0.1) is 12.8 Å². The lowest BCUT2D eigenvalue weighted by Gasteiger charge is -2.14. The third-order valence-electron chi connectivity index (χ3n) is 5.20. The van der Waals surface area contributed by atoms with Crippen LogP contribution in [0.3, 0.4) is 0 Å². The van der Waals surface area contributed by atoms with Gasteiger partial charge in [-0.2, -0.15) is 0 Å². The summed E-state index contributed by atoms with van der Waals surface area (Å²) in [6.07, 6.45) is 7.42. The molecule has 2 N–H and O–H groups in total. The maximum absolute atomic E-state index is 13.0. The molecular weight excluding hydrogens is 432 g/mol. The van der Waals surface area contributed by atoms with Crippen LogP contribution < -0.4 is 10.6 Å². The van der Waals surface area contributed by atoms with E-state index >= 15 is 0 Å². The van der Waals surface area contributed by atoms with Gasteiger partial charge in [0.2, 0.25) is 0 Å². The molecule has 31 heavy (non-hydrogen) atoms. The Hall–Kier alpha value is -2.72. The predicted molar refractivity (Wildman–Crippen MR) is 123 cm³/mol. The molecule has 1 saturated carbocycles. The van der Waals surface area contributed by atoms with Crippen LogP contribution >= 0.6 is 23.1 Å². The van der Waals surface area contributed by atoms with Crippen LogP contribution in [0.2, 0.25) is 0 Å². The second kappa shape index (κ2) is 9.61. The van der Waals surface area contributed by atoms with Gasteiger partial charge in [-0.15, -0.1) is 21.5 Å². The van der Waals surface area contributed by atoms with E-state index in [0.29, 0.717) is 22.1 Å². The van der Waals surface area contributed by atoms with Crippen molar-refractivity contribution in [3.8, 4) is 0 Å². The number of urea groups is 1. The number of thiazole rings is 1. The molecule has 0 atom stereocenters. The Bertz CT molecular complexity index is 1090. The Morgan fingerprint density at radius 2 is 2.06 bits per heavy atom. The second-order valence-corrected chi connectivity index (χ2v) is 9.68. The third kappa shape index (κ3) is 5.31. The maximum Gasteiger partial charge on any atom is 0.325 e. The summed E-state index contributed by atoms with van der Waals surface area (Å²) in [4.78, 5) is 30.8. The van der Waals surface area contributed by atoms with Crippen LogP contribution in [-0.4, -0.2) is 31.6 Å². The summed E-state index contributed by atoms with van der Waals surface area (Å²) in [5, 5.41) is 14.8. The number of benzene rings is 1. The number of Topliss-reactive ketones (excluding diaryl/α,β-unsaturated/α-hetero) is 1. The highest BCUT2D eigenvalue weighted by atomic mass is 32.2. The Labute approximate surface area is 188 Å². The highest BCUT2D eigenvalue weighted by molar-refractivity contribution is 7.98. The molecule has 1 aliphatic carbocycles. The van der Waals surface area contributed by atoms with E-state index in [1.165, 1.54) is 11.3 Å². The van der Waals surface area contributed by atoms with Gasteiger partial charge < -0.3 is 9.88 Å². The topological polar surface area (TPSA) is 102 Å². The van der Waals surface area contributed by atoms with Crippen molar-refractivity contribution in [2.45, 2.75) is 43.5 Å². The SMILES string of the molecule is Cc1ccc(NC(=O)Nc2ncc(CSc3nncn3C)s2)c(C(=O)C2CCCC2)c1. The second-order valence-electron chi connectivity index (χ2n) is 7.62. The number of amides is 2. The number of hydrogen-bond acceptors (Lipinski definition) is 7. The first-order valence-electron chi connectivity index (χ1n) is 10.1. The number of thioether (sulfide) groups is 1. The lowest BCUT2D eigenvalue weighted by molar-refractivity contribution is 0.0923. The van der Waals surface area contributed by atoms with Crippen LogP contribution in [0.25, 0.3) is 0 Å². The third-order valence-corrected chi connectivity index (χ3v) is 7.38. The van der Waals surface area contributed by atoms with Gasteiger partial charge in [-0.05, 0) is 31.9 Å². The fourth-order valence-corrected chi connectivity index (χ4v) is 5.32. The molecule has 1 fully saturated rings. The van der Waals surface area contributed by atoms with Gasteiger partial charge in [-0.1, -0.05) is 36.2 Å². The lowest BCUT2D eigenvalue weighted by Crippen LogP contribution is -2.22. The number of hydrogen-bond donors (Lipinski definition) is 2. The minimum absolute atomic E-state index is 0.0540. The Kier molecular flexibility index (Phi) is 6.67. The lowest BCUT2D eigenvalue weighted by atomic mass is 9.94. The molecule has 2 amide bonds. The van der Waals surface area contributed by atoms with E-state index < -0.39 is 6.03 Å². The number of aromatic nitrogens is 4. The van der Waals surface area contributed by atoms with E-state index in [4.69, 9.17) is 0 Å². The molecule has 1 aromatic carbocycles. The number of ketones is 1. The normalized spacial score (nSPS) is 14.0. The Balaban J connectivity index is 1.38. The molecule has 8 nitrogen and oxygen atoms in total. The van der Waals surface area contributed by atoms with Gasteiger partial charge in [-0.25, -0.2) is 9.78 Å². The van der Waals surface area contributed by atoms with E-state index in [1.54, 1.807) is 30.4 Å². The Morgan fingerprint density at radius 3 is 2.81 bits per heavy atom. The summed E-state index contributed by atoms with van der Waals surface area (Å²) < 4.78 is 1.85. The smallest absolute Gasteiger partial charge is 0.312 e. The Morgan fingerprint density at radius 1 is 1.26 bits per heavy atom. The van der Waals surface area contributed by atoms with E-state index in [2.05, 4.69) is 25.8 Å². The first-order valence-corrected chi connectivity index (χ1v) is 11.9. The monoisotopic (exact) mass is 456 g/mol. The molecule has 0 spiro atoms. The van der Waals surface area contributed by atoms with Crippen LogP contribution in [-0.2, 0) is 12.8 Å². The van der Waals surface area contributed by atoms with E-state index in [9.17, 15) is 9.59 Å². The average molecular weight is 457 g/mol. The van der Waals surface area contributed by atoms with Crippen molar-refractivity contribution in [1.29, 1.82) is 0 Å². The zero-order valence-electron chi connectivity index (χ0n) is 17.4. The van der Waals surface area contributed by atoms with Gasteiger partial charge in [0.1, 0.15) is 6.33 Å². The van der Waals surface area contributed by atoms with Crippen molar-refractivity contribution in [2.24, 2.45) is 13.0 Å². The quantitative estimate of drug-likeness (QED) is 0.388. The minimum Gasteiger partial charge on any atom is -0.312 e. The molecule has 10 heteroatoms. The van der Waals surface area contributed by atoms with Crippen molar-refractivity contribution in [2.75, 3.05) is 10.6 Å². The van der Waals surface area contributed by atoms with Gasteiger partial charge >= 0.3 is 6.03 Å². The van der Waals surface area contributed by atoms with Gasteiger partial charge in [0.15, 0.2) is 16.1 Å². The number of aryl methyl sites for hydroxylation is 2. The standard InChI is InChI=1S/C21H24N6O2S2/c1-13-7-8-17(16(9-13)18(28)14-5-3-4-6-14)24-19(29)25-20-22-10-15(31-20)11-30-21-26-23-12-27(21)2/h7-10,12,14H,3-6,11H2,1-2H3,(H2,22,24,25,29). The van der Waals surface area contributed by atoms with Crippen molar-refractivity contribution < 1.29 is 9.59 Å². The number of nitrogens with one attached hydrogen (secondary N) is 2. The van der Waals surface area contributed by atoms with Crippen molar-refractivity contribution in [3.63, 3.8) is 0 Å². The molecule has 0 saturated heterocycles. The van der Waals surface area contributed by atoms with Crippen LogP contribution in [0.4, 0.5) is 15.6 Å². The van der Waals surface area contributed by atoms with Crippen LogP contribution in [0.15, 0.2) is 35.9 Å². The molecule has 0 radical (unpaired) electrons. The summed E-state index contributed by atoms with van der Waals surface area (Å²) in [6.45, 7) is 1.95. The molecule has 2 aromatic heterocycles. The molecule has 4 rings (SSSR count). The fourth-order valence-electron chi connectivity index (χ4n) is 3.60. The zero-order valence-corrected chi connectivity index (χ0v) is 19.1. The molecular formula is C21H24N6O2S2. The molecule has 0 bridgehead atoms. The molecule has 0 unspecified atom stereocenters. The first kappa shape index (κ1) is 21.5. The number of carbonyl (C=O) groups excluding carboxylic acids is 2. The largest absolute Gasteiger partial charge is 0.325 e. The van der Waals surface area contributed by atoms with Gasteiger partial charge in [0, 0.05) is 35.4 Å². The minimum atomic E-state index is -0.411. The van der Waals surface area contributed by atoms with Crippen LogP contribution in [0.5, 0.6) is 0 Å². The molecule has 2 heterocycles. The predicted octanol–water partition coefficient (Wildman–Crippen LogP) is 4.89. The molecule has 162 valence electrons. The number of rotatable bonds is 7. The van der Waals surface area contributed by atoms with Gasteiger partial charge in [-0.3, -0.25) is 10.1 Å². The molecule has 0 aliphatic heterocycles.